The van der Waals surface area contributed by atoms with Gasteiger partial charge in [-0.1, -0.05) is 56.5 Å². The summed E-state index contributed by atoms with van der Waals surface area (Å²) in [6, 6.07) is 19.6. The monoisotopic (exact) mass is 556 g/mol. The Morgan fingerprint density at radius 2 is 1.68 bits per heavy atom. The van der Waals surface area contributed by atoms with Crippen molar-refractivity contribution in [3.8, 4) is 5.75 Å². The Labute approximate surface area is 242 Å². The molecular formula is C33H40N4O4. The number of hydrogen-bond donors (Lipinski definition) is 2. The van der Waals surface area contributed by atoms with Crippen molar-refractivity contribution in [1.29, 1.82) is 0 Å². The van der Waals surface area contributed by atoms with Gasteiger partial charge in [0.1, 0.15) is 17.6 Å². The van der Waals surface area contributed by atoms with Crippen LogP contribution in [0.4, 0.5) is 11.5 Å². The van der Waals surface area contributed by atoms with Crippen LogP contribution in [0.5, 0.6) is 5.75 Å². The van der Waals surface area contributed by atoms with E-state index in [2.05, 4.69) is 22.5 Å². The summed E-state index contributed by atoms with van der Waals surface area (Å²) in [4.78, 5) is 46.1. The van der Waals surface area contributed by atoms with Gasteiger partial charge < -0.3 is 15.4 Å². The minimum absolute atomic E-state index is 0.0895. The van der Waals surface area contributed by atoms with Gasteiger partial charge in [0, 0.05) is 30.8 Å². The zero-order valence-electron chi connectivity index (χ0n) is 24.0. The standard InChI is InChI=1S/C33H40N4O4/c1-3-24-15-19-27(20-16-24)37(31(39)14-9-13-30(38)36-29-12-7-8-23-34-29)32(25-17-21-28(41-2)22-18-25)33(40)35-26-10-5-4-6-11-26/h7-8,12,15-23,26,32H,3-6,9-11,13-14H2,1-2H3,(H,35,40)(H,34,36,38)/t32-/m0/s1. The van der Waals surface area contributed by atoms with Gasteiger partial charge in [-0.3, -0.25) is 19.3 Å². The minimum Gasteiger partial charge on any atom is -0.497 e. The first kappa shape index (κ1) is 29.8. The van der Waals surface area contributed by atoms with E-state index in [9.17, 15) is 14.4 Å². The summed E-state index contributed by atoms with van der Waals surface area (Å²) < 4.78 is 5.34. The number of amides is 3. The van der Waals surface area contributed by atoms with Crippen molar-refractivity contribution in [1.82, 2.24) is 10.3 Å². The highest BCUT2D eigenvalue weighted by Crippen LogP contribution is 2.31. The lowest BCUT2D eigenvalue weighted by Gasteiger charge is -2.33. The number of hydrogen-bond acceptors (Lipinski definition) is 5. The lowest BCUT2D eigenvalue weighted by molar-refractivity contribution is -0.127. The average Bonchev–Trinajstić information content (AvgIpc) is 3.01. The summed E-state index contributed by atoms with van der Waals surface area (Å²) in [6.07, 6.45) is 8.29. The molecular weight excluding hydrogens is 516 g/mol. The molecule has 1 atom stereocenters. The van der Waals surface area contributed by atoms with Crippen molar-refractivity contribution in [3.05, 3.63) is 84.1 Å². The highest BCUT2D eigenvalue weighted by Gasteiger charge is 2.34. The fourth-order valence-corrected chi connectivity index (χ4v) is 5.22. The van der Waals surface area contributed by atoms with Crippen LogP contribution in [-0.4, -0.2) is 35.9 Å². The van der Waals surface area contributed by atoms with Gasteiger partial charge in [-0.2, -0.15) is 0 Å². The molecule has 0 radical (unpaired) electrons. The number of ether oxygens (including phenoxy) is 1. The molecule has 3 amide bonds. The summed E-state index contributed by atoms with van der Waals surface area (Å²) in [5.41, 5.74) is 2.48. The van der Waals surface area contributed by atoms with E-state index in [1.165, 1.54) is 6.42 Å². The van der Waals surface area contributed by atoms with Crippen LogP contribution >= 0.6 is 0 Å². The Kier molecular flexibility index (Phi) is 10.9. The molecule has 0 bridgehead atoms. The van der Waals surface area contributed by atoms with Crippen LogP contribution in [0.2, 0.25) is 0 Å². The lowest BCUT2D eigenvalue weighted by Crippen LogP contribution is -2.47. The van der Waals surface area contributed by atoms with Gasteiger partial charge in [-0.15, -0.1) is 0 Å². The summed E-state index contributed by atoms with van der Waals surface area (Å²) in [6.45, 7) is 2.08. The Bertz CT molecular complexity index is 1270. The van der Waals surface area contributed by atoms with Gasteiger partial charge in [0.15, 0.2) is 0 Å². The molecule has 1 heterocycles. The average molecular weight is 557 g/mol. The van der Waals surface area contributed by atoms with Gasteiger partial charge in [0.2, 0.25) is 17.7 Å². The molecule has 2 N–H and O–H groups in total. The third-order valence-corrected chi connectivity index (χ3v) is 7.51. The zero-order valence-corrected chi connectivity index (χ0v) is 24.0. The molecule has 4 rings (SSSR count). The van der Waals surface area contributed by atoms with E-state index in [-0.39, 0.29) is 36.6 Å². The number of nitrogens with zero attached hydrogens (tertiary/aromatic N) is 2. The molecule has 0 aliphatic heterocycles. The number of benzene rings is 2. The molecule has 0 spiro atoms. The predicted molar refractivity (Wildman–Crippen MR) is 161 cm³/mol. The largest absolute Gasteiger partial charge is 0.497 e. The molecule has 0 unspecified atom stereocenters. The van der Waals surface area contributed by atoms with Crippen molar-refractivity contribution in [2.24, 2.45) is 0 Å². The zero-order chi connectivity index (χ0) is 29.0. The van der Waals surface area contributed by atoms with Crippen LogP contribution in [0.1, 0.15) is 75.5 Å². The predicted octanol–water partition coefficient (Wildman–Crippen LogP) is 5.98. The molecule has 1 saturated carbocycles. The molecule has 1 fully saturated rings. The highest BCUT2D eigenvalue weighted by atomic mass is 16.5. The fraction of sp³-hybridized carbons (Fsp3) is 0.394. The van der Waals surface area contributed by atoms with E-state index in [0.29, 0.717) is 29.2 Å². The van der Waals surface area contributed by atoms with Crippen LogP contribution in [0, 0.1) is 0 Å². The van der Waals surface area contributed by atoms with Gasteiger partial charge >= 0.3 is 0 Å². The second-order valence-corrected chi connectivity index (χ2v) is 10.4. The van der Waals surface area contributed by atoms with Crippen molar-refractivity contribution in [2.75, 3.05) is 17.3 Å². The van der Waals surface area contributed by atoms with Crippen LogP contribution in [0.25, 0.3) is 0 Å². The van der Waals surface area contributed by atoms with E-state index in [4.69, 9.17) is 4.74 Å². The van der Waals surface area contributed by atoms with E-state index in [0.717, 1.165) is 37.7 Å². The van der Waals surface area contributed by atoms with Crippen molar-refractivity contribution >= 4 is 29.2 Å². The molecule has 0 saturated heterocycles. The van der Waals surface area contributed by atoms with Gasteiger partial charge in [0.25, 0.3) is 0 Å². The van der Waals surface area contributed by atoms with Gasteiger partial charge in [0.05, 0.1) is 7.11 Å². The first-order valence-corrected chi connectivity index (χ1v) is 14.5. The number of carbonyl (C=O) groups is 3. The molecule has 2 aromatic carbocycles. The van der Waals surface area contributed by atoms with Crippen molar-refractivity contribution < 1.29 is 19.1 Å². The fourth-order valence-electron chi connectivity index (χ4n) is 5.22. The quantitative estimate of drug-likeness (QED) is 0.286. The summed E-state index contributed by atoms with van der Waals surface area (Å²) in [5.74, 6) is 0.504. The number of rotatable bonds is 12. The first-order valence-electron chi connectivity index (χ1n) is 14.5. The maximum atomic E-state index is 14.0. The number of anilines is 2. The number of aryl methyl sites for hydroxylation is 1. The van der Waals surface area contributed by atoms with Crippen molar-refractivity contribution in [2.45, 2.75) is 76.8 Å². The molecule has 8 nitrogen and oxygen atoms in total. The second-order valence-electron chi connectivity index (χ2n) is 10.4. The SMILES string of the molecule is CCc1ccc(N(C(=O)CCCC(=O)Nc2ccccn2)[C@H](C(=O)NC2CCCCC2)c2ccc(OC)cc2)cc1. The molecule has 8 heteroatoms. The lowest BCUT2D eigenvalue weighted by atomic mass is 9.94. The van der Waals surface area contributed by atoms with Crippen LogP contribution in [-0.2, 0) is 20.8 Å². The highest BCUT2D eigenvalue weighted by molar-refractivity contribution is 6.01. The summed E-state index contributed by atoms with van der Waals surface area (Å²) >= 11 is 0. The number of pyridine rings is 1. The summed E-state index contributed by atoms with van der Waals surface area (Å²) in [7, 11) is 1.59. The Morgan fingerprint density at radius 3 is 2.32 bits per heavy atom. The minimum atomic E-state index is -0.870. The van der Waals surface area contributed by atoms with E-state index < -0.39 is 6.04 Å². The Hall–Kier alpha value is -4.20. The smallest absolute Gasteiger partial charge is 0.248 e. The third-order valence-electron chi connectivity index (χ3n) is 7.51. The molecule has 216 valence electrons. The normalized spacial score (nSPS) is 14.1. The summed E-state index contributed by atoms with van der Waals surface area (Å²) in [5, 5.41) is 6.00. The molecule has 3 aromatic rings. The molecule has 1 aromatic heterocycles. The second kappa shape index (κ2) is 15.0. The number of aromatic nitrogens is 1. The number of carbonyl (C=O) groups excluding carboxylic acids is 3. The van der Waals surface area contributed by atoms with Crippen LogP contribution in [0.3, 0.4) is 0 Å². The van der Waals surface area contributed by atoms with Gasteiger partial charge in [-0.05, 0) is 73.2 Å². The van der Waals surface area contributed by atoms with Crippen LogP contribution in [0.15, 0.2) is 72.9 Å². The maximum Gasteiger partial charge on any atom is 0.248 e. The Morgan fingerprint density at radius 1 is 0.951 bits per heavy atom. The topological polar surface area (TPSA) is 101 Å². The van der Waals surface area contributed by atoms with E-state index in [1.54, 1.807) is 48.5 Å². The molecule has 1 aliphatic carbocycles. The van der Waals surface area contributed by atoms with E-state index >= 15 is 0 Å². The van der Waals surface area contributed by atoms with Crippen LogP contribution < -0.4 is 20.3 Å². The Balaban J connectivity index is 1.59. The number of methoxy groups -OCH3 is 1. The maximum absolute atomic E-state index is 14.0. The molecule has 41 heavy (non-hydrogen) atoms. The van der Waals surface area contributed by atoms with Crippen molar-refractivity contribution in [3.63, 3.8) is 0 Å². The molecule has 1 aliphatic rings. The number of nitrogens with one attached hydrogen (secondary N) is 2. The third kappa shape index (κ3) is 8.39. The first-order chi connectivity index (χ1) is 20.0. The van der Waals surface area contributed by atoms with Gasteiger partial charge in [-0.25, -0.2) is 4.98 Å². The van der Waals surface area contributed by atoms with E-state index in [1.807, 2.05) is 36.4 Å².